The summed E-state index contributed by atoms with van der Waals surface area (Å²) in [6, 6.07) is 19.3. The summed E-state index contributed by atoms with van der Waals surface area (Å²) in [7, 11) is -3.87. The molecule has 1 unspecified atom stereocenters. The molecule has 0 fully saturated rings. The minimum absolute atomic E-state index is 0.128. The first-order valence-electron chi connectivity index (χ1n) is 11.1. The molecule has 3 aromatic carbocycles. The number of ether oxygens (including phenoxy) is 2. The Labute approximate surface area is 200 Å². The molecule has 0 spiro atoms. The van der Waals surface area contributed by atoms with Gasteiger partial charge in [-0.3, -0.25) is 9.10 Å². The fraction of sp³-hybridized carbons (Fsp3) is 0.269. The predicted molar refractivity (Wildman–Crippen MR) is 131 cm³/mol. The van der Waals surface area contributed by atoms with Crippen LogP contribution < -0.4 is 19.1 Å². The Balaban J connectivity index is 1.47. The third-order valence-corrected chi connectivity index (χ3v) is 7.55. The molecule has 0 saturated carbocycles. The molecular formula is C26H28N2O5S. The van der Waals surface area contributed by atoms with Crippen LogP contribution in [0.2, 0.25) is 0 Å². The number of aryl methyl sites for hydroxylation is 3. The second kappa shape index (κ2) is 9.77. The third kappa shape index (κ3) is 5.02. The largest absolute Gasteiger partial charge is 0.492 e. The molecule has 34 heavy (non-hydrogen) atoms. The molecule has 0 aliphatic carbocycles. The maximum absolute atomic E-state index is 13.4. The highest BCUT2D eigenvalue weighted by molar-refractivity contribution is 7.92. The summed E-state index contributed by atoms with van der Waals surface area (Å²) in [6.07, 6.45) is -0.991. The summed E-state index contributed by atoms with van der Waals surface area (Å²) in [6.45, 7) is 6.34. The third-order valence-electron chi connectivity index (χ3n) is 5.76. The smallest absolute Gasteiger partial charge is 0.264 e. The molecule has 0 saturated heterocycles. The normalized spacial score (nSPS) is 15.3. The Bertz CT molecular complexity index is 1290. The van der Waals surface area contributed by atoms with Gasteiger partial charge in [-0.15, -0.1) is 0 Å². The lowest BCUT2D eigenvalue weighted by molar-refractivity contribution is -0.127. The van der Waals surface area contributed by atoms with Crippen LogP contribution >= 0.6 is 0 Å². The predicted octanol–water partition coefficient (Wildman–Crippen LogP) is 3.76. The average molecular weight is 481 g/mol. The quantitative estimate of drug-likeness (QED) is 0.521. The lowest BCUT2D eigenvalue weighted by Crippen LogP contribution is -2.51. The molecule has 4 rings (SSSR count). The number of nitrogens with one attached hydrogen (secondary N) is 1. The van der Waals surface area contributed by atoms with Crippen LogP contribution in [0.15, 0.2) is 71.6 Å². The minimum atomic E-state index is -3.87. The first-order chi connectivity index (χ1) is 16.3. The van der Waals surface area contributed by atoms with Crippen LogP contribution in [0.1, 0.15) is 16.7 Å². The van der Waals surface area contributed by atoms with Crippen molar-refractivity contribution in [3.63, 3.8) is 0 Å². The number of carbonyl (C=O) groups excluding carboxylic acids is 1. The van der Waals surface area contributed by atoms with Gasteiger partial charge in [0, 0.05) is 0 Å². The Morgan fingerprint density at radius 1 is 1.03 bits per heavy atom. The van der Waals surface area contributed by atoms with Gasteiger partial charge >= 0.3 is 0 Å². The Kier molecular flexibility index (Phi) is 6.79. The topological polar surface area (TPSA) is 84.9 Å². The van der Waals surface area contributed by atoms with E-state index in [0.717, 1.165) is 16.9 Å². The zero-order valence-corrected chi connectivity index (χ0v) is 20.3. The van der Waals surface area contributed by atoms with Crippen LogP contribution in [0.3, 0.4) is 0 Å². The molecule has 1 N–H and O–H groups in total. The van der Waals surface area contributed by atoms with Gasteiger partial charge in [0.05, 0.1) is 23.7 Å². The van der Waals surface area contributed by atoms with Crippen molar-refractivity contribution in [3.8, 4) is 11.5 Å². The zero-order chi connectivity index (χ0) is 24.3. The molecule has 178 valence electrons. The molecule has 1 heterocycles. The number of rotatable bonds is 7. The van der Waals surface area contributed by atoms with Crippen molar-refractivity contribution in [1.82, 2.24) is 5.32 Å². The summed E-state index contributed by atoms with van der Waals surface area (Å²) < 4.78 is 39.7. The van der Waals surface area contributed by atoms with Crippen molar-refractivity contribution in [2.75, 3.05) is 24.0 Å². The lowest BCUT2D eigenvalue weighted by atomic mass is 10.1. The summed E-state index contributed by atoms with van der Waals surface area (Å²) >= 11 is 0. The standard InChI is InChI=1S/C26H28N2O5S/c1-18-9-12-23-24(15-18)33-25(17-28(23)34(30,31)22-7-5-4-6-8-22)26(29)27-13-14-32-21-11-10-19(2)20(3)16-21/h4-12,15-16,25H,13-14,17H2,1-3H3,(H,27,29). The number of fused-ring (bicyclic) bond motifs is 1. The van der Waals surface area contributed by atoms with E-state index in [0.29, 0.717) is 11.4 Å². The number of amides is 1. The van der Waals surface area contributed by atoms with Gasteiger partial charge < -0.3 is 14.8 Å². The molecule has 0 aromatic heterocycles. The molecule has 1 amide bonds. The van der Waals surface area contributed by atoms with E-state index in [1.165, 1.54) is 22.0 Å². The molecule has 7 nitrogen and oxygen atoms in total. The molecule has 1 aliphatic rings. The number of nitrogens with zero attached hydrogens (tertiary/aromatic N) is 1. The van der Waals surface area contributed by atoms with Gasteiger partial charge in [-0.1, -0.05) is 30.3 Å². The van der Waals surface area contributed by atoms with Crippen molar-refractivity contribution in [1.29, 1.82) is 0 Å². The number of hydrogen-bond acceptors (Lipinski definition) is 5. The average Bonchev–Trinajstić information content (AvgIpc) is 2.83. The van der Waals surface area contributed by atoms with Crippen LogP contribution in [-0.4, -0.2) is 40.1 Å². The highest BCUT2D eigenvalue weighted by Crippen LogP contribution is 2.37. The summed E-state index contributed by atoms with van der Waals surface area (Å²) in [5, 5.41) is 2.80. The molecule has 0 bridgehead atoms. The SMILES string of the molecule is Cc1ccc2c(c1)OC(C(=O)NCCOc1ccc(C)c(C)c1)CN2S(=O)(=O)c1ccccc1. The maximum Gasteiger partial charge on any atom is 0.264 e. The van der Waals surface area contributed by atoms with Crippen molar-refractivity contribution >= 4 is 21.6 Å². The molecule has 0 radical (unpaired) electrons. The second-order valence-electron chi connectivity index (χ2n) is 8.31. The second-order valence-corrected chi connectivity index (χ2v) is 10.2. The van der Waals surface area contributed by atoms with E-state index in [9.17, 15) is 13.2 Å². The Hall–Kier alpha value is -3.52. The van der Waals surface area contributed by atoms with Gasteiger partial charge in [0.1, 0.15) is 18.1 Å². The summed E-state index contributed by atoms with van der Waals surface area (Å²) in [5.74, 6) is 0.692. The van der Waals surface area contributed by atoms with Crippen LogP contribution in [-0.2, 0) is 14.8 Å². The molecule has 3 aromatic rings. The first-order valence-corrected chi connectivity index (χ1v) is 12.5. The fourth-order valence-corrected chi connectivity index (χ4v) is 5.20. The van der Waals surface area contributed by atoms with Gasteiger partial charge in [0.15, 0.2) is 6.10 Å². The van der Waals surface area contributed by atoms with Crippen molar-refractivity contribution in [2.24, 2.45) is 0 Å². The van der Waals surface area contributed by atoms with Gasteiger partial charge in [-0.25, -0.2) is 8.42 Å². The van der Waals surface area contributed by atoms with Crippen molar-refractivity contribution in [2.45, 2.75) is 31.8 Å². The first kappa shape index (κ1) is 23.6. The van der Waals surface area contributed by atoms with Crippen LogP contribution in [0, 0.1) is 20.8 Å². The number of anilines is 1. The van der Waals surface area contributed by atoms with Crippen molar-refractivity contribution < 1.29 is 22.7 Å². The number of carbonyl (C=O) groups is 1. The summed E-state index contributed by atoms with van der Waals surface area (Å²) in [4.78, 5) is 13.1. The van der Waals surface area contributed by atoms with E-state index < -0.39 is 22.0 Å². The zero-order valence-electron chi connectivity index (χ0n) is 19.4. The highest BCUT2D eigenvalue weighted by Gasteiger charge is 2.37. The van der Waals surface area contributed by atoms with Crippen LogP contribution in [0.25, 0.3) is 0 Å². The summed E-state index contributed by atoms with van der Waals surface area (Å²) in [5.41, 5.74) is 3.63. The van der Waals surface area contributed by atoms with Gasteiger partial charge in [-0.2, -0.15) is 0 Å². The maximum atomic E-state index is 13.4. The molecule has 8 heteroatoms. The van der Waals surface area contributed by atoms with Gasteiger partial charge in [0.2, 0.25) is 0 Å². The van der Waals surface area contributed by atoms with Gasteiger partial charge in [0.25, 0.3) is 15.9 Å². The fourth-order valence-electron chi connectivity index (χ4n) is 3.71. The number of benzene rings is 3. The van der Waals surface area contributed by atoms with Gasteiger partial charge in [-0.05, 0) is 73.9 Å². The minimum Gasteiger partial charge on any atom is -0.492 e. The lowest BCUT2D eigenvalue weighted by Gasteiger charge is -2.35. The van der Waals surface area contributed by atoms with E-state index >= 15 is 0 Å². The highest BCUT2D eigenvalue weighted by atomic mass is 32.2. The monoisotopic (exact) mass is 480 g/mol. The van der Waals surface area contributed by atoms with Crippen LogP contribution in [0.4, 0.5) is 5.69 Å². The number of sulfonamides is 1. The van der Waals surface area contributed by atoms with E-state index in [4.69, 9.17) is 9.47 Å². The number of hydrogen-bond donors (Lipinski definition) is 1. The van der Waals surface area contributed by atoms with Crippen molar-refractivity contribution in [3.05, 3.63) is 83.4 Å². The van der Waals surface area contributed by atoms with Crippen LogP contribution in [0.5, 0.6) is 11.5 Å². The van der Waals surface area contributed by atoms with E-state index in [1.54, 1.807) is 30.3 Å². The molecule has 1 atom stereocenters. The molecular weight excluding hydrogens is 452 g/mol. The van der Waals surface area contributed by atoms with E-state index in [2.05, 4.69) is 5.32 Å². The van der Waals surface area contributed by atoms with E-state index in [-0.39, 0.29) is 24.6 Å². The molecule has 1 aliphatic heterocycles. The Morgan fingerprint density at radius 3 is 2.53 bits per heavy atom. The Morgan fingerprint density at radius 2 is 1.79 bits per heavy atom. The van der Waals surface area contributed by atoms with E-state index in [1.807, 2.05) is 45.0 Å².